The summed E-state index contributed by atoms with van der Waals surface area (Å²) in [5, 5.41) is 2.02. The van der Waals surface area contributed by atoms with Crippen LogP contribution in [-0.2, 0) is 6.54 Å². The van der Waals surface area contributed by atoms with Crippen molar-refractivity contribution in [2.24, 2.45) is 5.73 Å². The number of carbonyl (C=O) groups is 1. The molecule has 0 unspecified atom stereocenters. The quantitative estimate of drug-likeness (QED) is 0.386. The van der Waals surface area contributed by atoms with E-state index in [1.54, 1.807) is 0 Å². The Hall–Kier alpha value is -2.34. The van der Waals surface area contributed by atoms with Crippen molar-refractivity contribution < 1.29 is 4.79 Å². The molecule has 4 rings (SSSR count). The number of amides is 1. The van der Waals surface area contributed by atoms with Gasteiger partial charge in [0.05, 0.1) is 5.52 Å². The topological polar surface area (TPSA) is 48.0 Å². The van der Waals surface area contributed by atoms with Gasteiger partial charge in [0.15, 0.2) is 0 Å². The second-order valence-electron chi connectivity index (χ2n) is 7.21. The van der Waals surface area contributed by atoms with Gasteiger partial charge in [-0.1, -0.05) is 44.2 Å². The standard InChI is InChI=1S/C23H21IN2O/c1-14(2)16-9-10-18-21(12-16)26(13-15-5-3-6-17(24)11-15)20-8-4-7-19(22(18)20)23(25)27/h3-12,14H,13H2,1-2H3,(H2,25,27). The fraction of sp³-hybridized carbons (Fsp3) is 0.174. The summed E-state index contributed by atoms with van der Waals surface area (Å²) < 4.78 is 3.51. The predicted octanol–water partition coefficient (Wildman–Crippen LogP) is 5.67. The maximum atomic E-state index is 12.1. The fourth-order valence-electron chi connectivity index (χ4n) is 3.71. The predicted molar refractivity (Wildman–Crippen MR) is 120 cm³/mol. The van der Waals surface area contributed by atoms with Gasteiger partial charge in [-0.25, -0.2) is 0 Å². The Morgan fingerprint density at radius 2 is 1.81 bits per heavy atom. The Morgan fingerprint density at radius 3 is 2.52 bits per heavy atom. The number of aromatic nitrogens is 1. The third kappa shape index (κ3) is 3.23. The smallest absolute Gasteiger partial charge is 0.249 e. The molecule has 0 radical (unpaired) electrons. The van der Waals surface area contributed by atoms with Crippen LogP contribution in [0.3, 0.4) is 0 Å². The Balaban J connectivity index is 2.05. The molecule has 136 valence electrons. The first kappa shape index (κ1) is 18.0. The average Bonchev–Trinajstić information content (AvgIpc) is 2.95. The van der Waals surface area contributed by atoms with Gasteiger partial charge in [0, 0.05) is 32.0 Å². The molecule has 1 amide bonds. The molecule has 27 heavy (non-hydrogen) atoms. The molecule has 4 heteroatoms. The minimum atomic E-state index is -0.387. The van der Waals surface area contributed by atoms with E-state index in [-0.39, 0.29) is 5.91 Å². The highest BCUT2D eigenvalue weighted by Crippen LogP contribution is 2.34. The molecule has 0 fully saturated rings. The molecule has 3 aromatic carbocycles. The van der Waals surface area contributed by atoms with E-state index in [1.165, 1.54) is 14.7 Å². The van der Waals surface area contributed by atoms with Crippen LogP contribution >= 0.6 is 22.6 Å². The molecule has 2 N–H and O–H groups in total. The average molecular weight is 468 g/mol. The van der Waals surface area contributed by atoms with Gasteiger partial charge in [0.25, 0.3) is 0 Å². The third-order valence-electron chi connectivity index (χ3n) is 5.08. The van der Waals surface area contributed by atoms with Crippen molar-refractivity contribution in [3.63, 3.8) is 0 Å². The first-order valence-corrected chi connectivity index (χ1v) is 10.1. The summed E-state index contributed by atoms with van der Waals surface area (Å²) in [6.45, 7) is 5.14. The van der Waals surface area contributed by atoms with E-state index in [9.17, 15) is 4.79 Å². The summed E-state index contributed by atoms with van der Waals surface area (Å²) in [7, 11) is 0. The molecule has 1 heterocycles. The number of rotatable bonds is 4. The monoisotopic (exact) mass is 468 g/mol. The molecule has 0 saturated heterocycles. The van der Waals surface area contributed by atoms with Crippen molar-refractivity contribution >= 4 is 50.3 Å². The lowest BCUT2D eigenvalue weighted by Gasteiger charge is -2.10. The number of halogens is 1. The first-order valence-electron chi connectivity index (χ1n) is 9.05. The largest absolute Gasteiger partial charge is 0.366 e. The molecule has 3 nitrogen and oxygen atoms in total. The Kier molecular flexibility index (Phi) is 4.68. The minimum Gasteiger partial charge on any atom is -0.366 e. The van der Waals surface area contributed by atoms with E-state index in [0.717, 1.165) is 28.4 Å². The zero-order chi connectivity index (χ0) is 19.1. The van der Waals surface area contributed by atoms with E-state index in [4.69, 9.17) is 5.73 Å². The van der Waals surface area contributed by atoms with E-state index in [0.29, 0.717) is 11.5 Å². The zero-order valence-electron chi connectivity index (χ0n) is 15.4. The normalized spacial score (nSPS) is 11.6. The second-order valence-corrected chi connectivity index (χ2v) is 8.46. The van der Waals surface area contributed by atoms with Crippen LogP contribution in [0.2, 0.25) is 0 Å². The molecule has 0 aliphatic rings. The van der Waals surface area contributed by atoms with Gasteiger partial charge in [-0.2, -0.15) is 0 Å². The minimum absolute atomic E-state index is 0.387. The van der Waals surface area contributed by atoms with Crippen LogP contribution in [0.4, 0.5) is 0 Å². The lowest BCUT2D eigenvalue weighted by Crippen LogP contribution is -2.11. The summed E-state index contributed by atoms with van der Waals surface area (Å²) in [4.78, 5) is 12.1. The van der Waals surface area contributed by atoms with Gasteiger partial charge in [0.2, 0.25) is 5.91 Å². The van der Waals surface area contributed by atoms with Crippen LogP contribution < -0.4 is 5.73 Å². The number of primary amides is 1. The lowest BCUT2D eigenvalue weighted by atomic mass is 10.00. The SMILES string of the molecule is CC(C)c1ccc2c3c(C(N)=O)cccc3n(Cc3cccc(I)c3)c2c1. The van der Waals surface area contributed by atoms with Crippen molar-refractivity contribution in [2.75, 3.05) is 0 Å². The van der Waals surface area contributed by atoms with Crippen molar-refractivity contribution in [2.45, 2.75) is 26.3 Å². The molecule has 0 atom stereocenters. The molecule has 1 aromatic heterocycles. The fourth-order valence-corrected chi connectivity index (χ4v) is 4.32. The first-order chi connectivity index (χ1) is 13.0. The van der Waals surface area contributed by atoms with E-state index in [1.807, 2.05) is 12.1 Å². The maximum Gasteiger partial charge on any atom is 0.249 e. The van der Waals surface area contributed by atoms with Gasteiger partial charge in [0.1, 0.15) is 0 Å². The Labute approximate surface area is 172 Å². The van der Waals surface area contributed by atoms with Gasteiger partial charge in [-0.05, 0) is 70.0 Å². The third-order valence-corrected chi connectivity index (χ3v) is 5.75. The number of hydrogen-bond donors (Lipinski definition) is 1. The molecule has 0 saturated carbocycles. The van der Waals surface area contributed by atoms with Crippen LogP contribution in [0, 0.1) is 3.57 Å². The number of nitrogens with two attached hydrogens (primary N) is 1. The van der Waals surface area contributed by atoms with Crippen molar-refractivity contribution in [3.05, 3.63) is 80.9 Å². The second kappa shape index (κ2) is 7.00. The summed E-state index contributed by atoms with van der Waals surface area (Å²) in [6, 6.07) is 20.9. The molecule has 0 aliphatic heterocycles. The van der Waals surface area contributed by atoms with Crippen LogP contribution in [0.1, 0.15) is 41.3 Å². The highest BCUT2D eigenvalue weighted by atomic mass is 127. The number of hydrogen-bond acceptors (Lipinski definition) is 1. The molecule has 4 aromatic rings. The van der Waals surface area contributed by atoms with Crippen molar-refractivity contribution in [1.29, 1.82) is 0 Å². The number of carbonyl (C=O) groups excluding carboxylic acids is 1. The van der Waals surface area contributed by atoms with Crippen LogP contribution in [0.5, 0.6) is 0 Å². The van der Waals surface area contributed by atoms with E-state index < -0.39 is 0 Å². The molecular weight excluding hydrogens is 447 g/mol. The van der Waals surface area contributed by atoms with Gasteiger partial charge >= 0.3 is 0 Å². The van der Waals surface area contributed by atoms with E-state index >= 15 is 0 Å². The summed E-state index contributed by atoms with van der Waals surface area (Å²) >= 11 is 2.34. The van der Waals surface area contributed by atoms with Gasteiger partial charge in [-0.15, -0.1) is 0 Å². The van der Waals surface area contributed by atoms with Crippen molar-refractivity contribution in [3.8, 4) is 0 Å². The number of benzene rings is 3. The molecule has 0 spiro atoms. The van der Waals surface area contributed by atoms with E-state index in [2.05, 4.69) is 89.5 Å². The number of fused-ring (bicyclic) bond motifs is 3. The van der Waals surface area contributed by atoms with Crippen LogP contribution in [-0.4, -0.2) is 10.5 Å². The Bertz CT molecular complexity index is 1170. The highest BCUT2D eigenvalue weighted by molar-refractivity contribution is 14.1. The van der Waals surface area contributed by atoms with Crippen molar-refractivity contribution in [1.82, 2.24) is 4.57 Å². The lowest BCUT2D eigenvalue weighted by molar-refractivity contribution is 0.100. The summed E-state index contributed by atoms with van der Waals surface area (Å²) in [5.41, 5.74) is 11.0. The molecule has 0 aliphatic carbocycles. The molecule has 0 bridgehead atoms. The summed E-state index contributed by atoms with van der Waals surface area (Å²) in [6.07, 6.45) is 0. The van der Waals surface area contributed by atoms with Crippen LogP contribution in [0.25, 0.3) is 21.8 Å². The van der Waals surface area contributed by atoms with Gasteiger partial charge < -0.3 is 10.3 Å². The summed E-state index contributed by atoms with van der Waals surface area (Å²) in [5.74, 6) is 0.0518. The molecular formula is C23H21IN2O. The maximum absolute atomic E-state index is 12.1. The van der Waals surface area contributed by atoms with Crippen LogP contribution in [0.15, 0.2) is 60.7 Å². The number of nitrogens with zero attached hydrogens (tertiary/aromatic N) is 1. The Morgan fingerprint density at radius 1 is 1.04 bits per heavy atom. The van der Waals surface area contributed by atoms with Gasteiger partial charge in [-0.3, -0.25) is 4.79 Å². The zero-order valence-corrected chi connectivity index (χ0v) is 17.5. The highest BCUT2D eigenvalue weighted by Gasteiger charge is 2.17.